The Morgan fingerprint density at radius 3 is 2.69 bits per heavy atom. The summed E-state index contributed by atoms with van der Waals surface area (Å²) >= 11 is 0. The molecule has 0 bridgehead atoms. The Labute approximate surface area is 94.4 Å². The zero-order valence-electron chi connectivity index (χ0n) is 9.06. The Balaban J connectivity index is 1.99. The molecule has 1 aliphatic rings. The molecule has 1 amide bonds. The molecule has 1 aromatic carbocycles. The lowest BCUT2D eigenvalue weighted by Crippen LogP contribution is -2.41. The summed E-state index contributed by atoms with van der Waals surface area (Å²) in [5, 5.41) is 9.56. The van der Waals surface area contributed by atoms with Gasteiger partial charge in [0.15, 0.2) is 0 Å². The summed E-state index contributed by atoms with van der Waals surface area (Å²) in [5.41, 5.74) is 0.680. The third kappa shape index (κ3) is 2.52. The predicted molar refractivity (Wildman–Crippen MR) is 59.2 cm³/mol. The first kappa shape index (κ1) is 11.0. The molecule has 1 aromatic rings. The summed E-state index contributed by atoms with van der Waals surface area (Å²) in [6, 6.07) is 6.94. The van der Waals surface area contributed by atoms with Gasteiger partial charge in [0.1, 0.15) is 5.75 Å². The number of rotatable bonds is 2. The first-order valence-corrected chi connectivity index (χ1v) is 5.40. The van der Waals surface area contributed by atoms with E-state index in [0.717, 1.165) is 0 Å². The van der Waals surface area contributed by atoms with Crippen molar-refractivity contribution < 1.29 is 14.6 Å². The molecule has 16 heavy (non-hydrogen) atoms. The van der Waals surface area contributed by atoms with Gasteiger partial charge in [0.2, 0.25) is 5.91 Å². The van der Waals surface area contributed by atoms with Crippen LogP contribution in [0.4, 0.5) is 0 Å². The Morgan fingerprint density at radius 1 is 1.31 bits per heavy atom. The number of carbonyl (C=O) groups excluding carboxylic acids is 1. The van der Waals surface area contributed by atoms with Crippen molar-refractivity contribution in [3.05, 3.63) is 29.8 Å². The number of ether oxygens (including phenoxy) is 1. The molecule has 0 aromatic heterocycles. The van der Waals surface area contributed by atoms with Crippen molar-refractivity contribution in [3.8, 4) is 5.75 Å². The number of amides is 1. The molecule has 0 aliphatic carbocycles. The number of hydrogen-bond acceptors (Lipinski definition) is 3. The summed E-state index contributed by atoms with van der Waals surface area (Å²) in [6.07, 6.45) is 0.257. The fourth-order valence-electron chi connectivity index (χ4n) is 1.75. The SMILES string of the molecule is O=C(Cc1ccccc1O)N1CCOCC1. The van der Waals surface area contributed by atoms with E-state index in [1.165, 1.54) is 0 Å². The number of aromatic hydroxyl groups is 1. The van der Waals surface area contributed by atoms with Crippen molar-refractivity contribution in [2.24, 2.45) is 0 Å². The molecule has 0 saturated carbocycles. The van der Waals surface area contributed by atoms with Crippen LogP contribution in [-0.2, 0) is 16.0 Å². The smallest absolute Gasteiger partial charge is 0.227 e. The summed E-state index contributed by atoms with van der Waals surface area (Å²) < 4.78 is 5.18. The Hall–Kier alpha value is -1.55. The zero-order chi connectivity index (χ0) is 11.4. The molecule has 4 nitrogen and oxygen atoms in total. The van der Waals surface area contributed by atoms with Gasteiger partial charge < -0.3 is 14.7 Å². The molecule has 1 saturated heterocycles. The van der Waals surface area contributed by atoms with Gasteiger partial charge in [0, 0.05) is 18.7 Å². The van der Waals surface area contributed by atoms with Gasteiger partial charge in [-0.15, -0.1) is 0 Å². The van der Waals surface area contributed by atoms with Crippen LogP contribution in [0.25, 0.3) is 0 Å². The van der Waals surface area contributed by atoms with E-state index >= 15 is 0 Å². The fraction of sp³-hybridized carbons (Fsp3) is 0.417. The van der Waals surface area contributed by atoms with Gasteiger partial charge in [-0.05, 0) is 6.07 Å². The van der Waals surface area contributed by atoms with E-state index in [2.05, 4.69) is 0 Å². The van der Waals surface area contributed by atoms with Crippen molar-refractivity contribution in [1.82, 2.24) is 4.90 Å². The highest BCUT2D eigenvalue weighted by atomic mass is 16.5. The van der Waals surface area contributed by atoms with Crippen molar-refractivity contribution in [1.29, 1.82) is 0 Å². The number of morpholine rings is 1. The van der Waals surface area contributed by atoms with Gasteiger partial charge in [-0.3, -0.25) is 4.79 Å². The monoisotopic (exact) mass is 221 g/mol. The number of hydrogen-bond donors (Lipinski definition) is 1. The molecule has 4 heteroatoms. The normalized spacial score (nSPS) is 16.1. The zero-order valence-corrected chi connectivity index (χ0v) is 9.06. The first-order chi connectivity index (χ1) is 7.77. The first-order valence-electron chi connectivity index (χ1n) is 5.40. The molecule has 2 rings (SSSR count). The third-order valence-electron chi connectivity index (χ3n) is 2.70. The van der Waals surface area contributed by atoms with Crippen LogP contribution in [0.3, 0.4) is 0 Å². The lowest BCUT2D eigenvalue weighted by atomic mass is 10.1. The van der Waals surface area contributed by atoms with Crippen LogP contribution in [0.5, 0.6) is 5.75 Å². The standard InChI is InChI=1S/C12H15NO3/c14-11-4-2-1-3-10(11)9-12(15)13-5-7-16-8-6-13/h1-4,14H,5-9H2. The largest absolute Gasteiger partial charge is 0.508 e. The highest BCUT2D eigenvalue weighted by molar-refractivity contribution is 5.79. The van der Waals surface area contributed by atoms with Crippen LogP contribution in [0, 0.1) is 0 Å². The van der Waals surface area contributed by atoms with Crippen LogP contribution in [0.2, 0.25) is 0 Å². The molecule has 0 radical (unpaired) electrons. The van der Waals surface area contributed by atoms with Gasteiger partial charge in [0.05, 0.1) is 19.6 Å². The van der Waals surface area contributed by atoms with E-state index < -0.39 is 0 Å². The van der Waals surface area contributed by atoms with Crippen LogP contribution < -0.4 is 0 Å². The molecule has 0 spiro atoms. The van der Waals surface area contributed by atoms with Gasteiger partial charge in [-0.2, -0.15) is 0 Å². The second kappa shape index (κ2) is 4.99. The lowest BCUT2D eigenvalue weighted by molar-refractivity contribution is -0.134. The van der Waals surface area contributed by atoms with E-state index in [9.17, 15) is 9.90 Å². The number of nitrogens with zero attached hydrogens (tertiary/aromatic N) is 1. The van der Waals surface area contributed by atoms with Gasteiger partial charge >= 0.3 is 0 Å². The molecular weight excluding hydrogens is 206 g/mol. The van der Waals surface area contributed by atoms with E-state index in [4.69, 9.17) is 4.74 Å². The van der Waals surface area contributed by atoms with Gasteiger partial charge in [-0.1, -0.05) is 18.2 Å². The second-order valence-electron chi connectivity index (χ2n) is 3.80. The average molecular weight is 221 g/mol. The van der Waals surface area contributed by atoms with Crippen LogP contribution in [0.15, 0.2) is 24.3 Å². The van der Waals surface area contributed by atoms with Crippen molar-refractivity contribution in [2.45, 2.75) is 6.42 Å². The molecule has 86 valence electrons. The molecule has 1 N–H and O–H groups in total. The van der Waals surface area contributed by atoms with Gasteiger partial charge in [-0.25, -0.2) is 0 Å². The minimum absolute atomic E-state index is 0.0461. The number of para-hydroxylation sites is 1. The Kier molecular flexibility index (Phi) is 3.41. The van der Waals surface area contributed by atoms with Crippen molar-refractivity contribution in [2.75, 3.05) is 26.3 Å². The van der Waals surface area contributed by atoms with Crippen molar-refractivity contribution >= 4 is 5.91 Å². The topological polar surface area (TPSA) is 49.8 Å². The minimum atomic E-state index is 0.0461. The number of phenols is 1. The van der Waals surface area contributed by atoms with Gasteiger partial charge in [0.25, 0.3) is 0 Å². The Bertz CT molecular complexity index is 372. The number of phenolic OH excluding ortho intramolecular Hbond substituents is 1. The number of benzene rings is 1. The quantitative estimate of drug-likeness (QED) is 0.803. The summed E-state index contributed by atoms with van der Waals surface area (Å²) in [5.74, 6) is 0.230. The lowest BCUT2D eigenvalue weighted by Gasteiger charge is -2.26. The van der Waals surface area contributed by atoms with Crippen molar-refractivity contribution in [3.63, 3.8) is 0 Å². The predicted octanol–water partition coefficient (Wildman–Crippen LogP) is 0.793. The maximum Gasteiger partial charge on any atom is 0.227 e. The van der Waals surface area contributed by atoms with E-state index in [1.54, 1.807) is 23.1 Å². The minimum Gasteiger partial charge on any atom is -0.508 e. The number of carbonyl (C=O) groups is 1. The Morgan fingerprint density at radius 2 is 2.00 bits per heavy atom. The van der Waals surface area contributed by atoms with Crippen LogP contribution in [-0.4, -0.2) is 42.2 Å². The third-order valence-corrected chi connectivity index (χ3v) is 2.70. The van der Waals surface area contributed by atoms with E-state index in [1.807, 2.05) is 6.07 Å². The average Bonchev–Trinajstić information content (AvgIpc) is 2.33. The second-order valence-corrected chi connectivity index (χ2v) is 3.80. The molecule has 0 unspecified atom stereocenters. The maximum atomic E-state index is 11.9. The highest BCUT2D eigenvalue weighted by Crippen LogP contribution is 2.17. The summed E-state index contributed by atoms with van der Waals surface area (Å²) in [6.45, 7) is 2.50. The van der Waals surface area contributed by atoms with E-state index in [-0.39, 0.29) is 18.1 Å². The van der Waals surface area contributed by atoms with Crippen LogP contribution in [0.1, 0.15) is 5.56 Å². The summed E-state index contributed by atoms with van der Waals surface area (Å²) in [4.78, 5) is 13.7. The summed E-state index contributed by atoms with van der Waals surface area (Å²) in [7, 11) is 0. The highest BCUT2D eigenvalue weighted by Gasteiger charge is 2.17. The molecule has 1 aliphatic heterocycles. The molecule has 0 atom stereocenters. The molecule has 1 fully saturated rings. The van der Waals surface area contributed by atoms with Crippen LogP contribution >= 0.6 is 0 Å². The molecular formula is C12H15NO3. The fourth-order valence-corrected chi connectivity index (χ4v) is 1.75. The molecule has 1 heterocycles. The van der Waals surface area contributed by atoms with E-state index in [0.29, 0.717) is 31.9 Å². The maximum absolute atomic E-state index is 11.9.